The molecule has 1 aromatic heterocycles. The summed E-state index contributed by atoms with van der Waals surface area (Å²) in [5.74, 6) is 4.04. The molecular formula is C13H12F4N4. The summed E-state index contributed by atoms with van der Waals surface area (Å²) in [5, 5.41) is 0. The molecule has 8 heteroatoms. The fourth-order valence-electron chi connectivity index (χ4n) is 1.84. The Morgan fingerprint density at radius 1 is 1.19 bits per heavy atom. The molecular weight excluding hydrogens is 288 g/mol. The largest absolute Gasteiger partial charge is 0.419 e. The maximum absolute atomic E-state index is 13.3. The first-order valence-corrected chi connectivity index (χ1v) is 5.94. The van der Waals surface area contributed by atoms with Crippen LogP contribution in [0, 0.1) is 12.7 Å². The van der Waals surface area contributed by atoms with Crippen molar-refractivity contribution >= 4 is 0 Å². The van der Waals surface area contributed by atoms with Crippen LogP contribution in [0.4, 0.5) is 17.6 Å². The molecule has 2 aromatic rings. The SMILES string of the molecule is Cc1cnc(C(NN)c2ccc(F)c(C(F)(F)F)c2)cn1. The Kier molecular flexibility index (Phi) is 4.19. The quantitative estimate of drug-likeness (QED) is 0.519. The summed E-state index contributed by atoms with van der Waals surface area (Å²) in [6.45, 7) is 1.72. The number of nitrogens with zero attached hydrogens (tertiary/aromatic N) is 2. The van der Waals surface area contributed by atoms with Crippen LogP contribution in [0.1, 0.15) is 28.6 Å². The van der Waals surface area contributed by atoms with Gasteiger partial charge in [-0.3, -0.25) is 15.8 Å². The lowest BCUT2D eigenvalue weighted by Gasteiger charge is -2.17. The molecule has 0 aliphatic rings. The Labute approximate surface area is 118 Å². The number of alkyl halides is 3. The smallest absolute Gasteiger partial charge is 0.271 e. The standard InChI is InChI=1S/C13H12F4N4/c1-7-5-20-11(6-19-7)12(21-18)8-2-3-10(14)9(4-8)13(15,16)17/h2-6,12,21H,18H2,1H3. The van der Waals surface area contributed by atoms with Crippen molar-refractivity contribution in [3.63, 3.8) is 0 Å². The number of hydrogen-bond donors (Lipinski definition) is 2. The fourth-order valence-corrected chi connectivity index (χ4v) is 1.84. The van der Waals surface area contributed by atoms with Crippen LogP contribution < -0.4 is 11.3 Å². The number of nitrogens with one attached hydrogen (secondary N) is 1. The third-order valence-electron chi connectivity index (χ3n) is 2.89. The maximum atomic E-state index is 13.3. The highest BCUT2D eigenvalue weighted by Gasteiger charge is 2.34. The van der Waals surface area contributed by atoms with E-state index in [4.69, 9.17) is 5.84 Å². The van der Waals surface area contributed by atoms with Crippen LogP contribution in [0.2, 0.25) is 0 Å². The Morgan fingerprint density at radius 2 is 1.90 bits per heavy atom. The minimum absolute atomic E-state index is 0.143. The highest BCUT2D eigenvalue weighted by molar-refractivity contribution is 5.33. The molecule has 2 rings (SSSR count). The van der Waals surface area contributed by atoms with Crippen LogP contribution >= 0.6 is 0 Å². The van der Waals surface area contributed by atoms with Crippen molar-refractivity contribution in [2.75, 3.05) is 0 Å². The monoisotopic (exact) mass is 300 g/mol. The summed E-state index contributed by atoms with van der Waals surface area (Å²) in [6, 6.07) is 1.86. The second-order valence-corrected chi connectivity index (χ2v) is 4.42. The highest BCUT2D eigenvalue weighted by Crippen LogP contribution is 2.33. The molecule has 112 valence electrons. The molecule has 0 amide bonds. The Hall–Kier alpha value is -2.06. The van der Waals surface area contributed by atoms with Crippen molar-refractivity contribution in [1.82, 2.24) is 15.4 Å². The van der Waals surface area contributed by atoms with Crippen molar-refractivity contribution in [2.45, 2.75) is 19.1 Å². The van der Waals surface area contributed by atoms with Gasteiger partial charge in [-0.05, 0) is 24.6 Å². The number of nitrogens with two attached hydrogens (primary N) is 1. The number of hydrazine groups is 1. The van der Waals surface area contributed by atoms with Gasteiger partial charge in [-0.1, -0.05) is 6.07 Å². The van der Waals surface area contributed by atoms with Gasteiger partial charge >= 0.3 is 6.18 Å². The number of benzene rings is 1. The molecule has 1 aromatic carbocycles. The molecule has 1 unspecified atom stereocenters. The van der Waals surface area contributed by atoms with Gasteiger partial charge in [0.05, 0.1) is 29.2 Å². The van der Waals surface area contributed by atoms with Gasteiger partial charge in [0.1, 0.15) is 5.82 Å². The summed E-state index contributed by atoms with van der Waals surface area (Å²) < 4.78 is 51.5. The lowest BCUT2D eigenvalue weighted by atomic mass is 10.0. The third kappa shape index (κ3) is 3.34. The zero-order valence-corrected chi connectivity index (χ0v) is 10.9. The summed E-state index contributed by atoms with van der Waals surface area (Å²) >= 11 is 0. The second kappa shape index (κ2) is 5.74. The minimum Gasteiger partial charge on any atom is -0.271 e. The molecule has 0 radical (unpaired) electrons. The molecule has 0 spiro atoms. The van der Waals surface area contributed by atoms with Crippen molar-refractivity contribution in [3.05, 3.63) is 58.9 Å². The average molecular weight is 300 g/mol. The van der Waals surface area contributed by atoms with E-state index in [1.165, 1.54) is 18.5 Å². The number of aromatic nitrogens is 2. The predicted molar refractivity (Wildman–Crippen MR) is 67.3 cm³/mol. The van der Waals surface area contributed by atoms with Gasteiger partial charge in [0.2, 0.25) is 0 Å². The molecule has 0 aliphatic carbocycles. The van der Waals surface area contributed by atoms with E-state index in [1.54, 1.807) is 6.92 Å². The third-order valence-corrected chi connectivity index (χ3v) is 2.89. The van der Waals surface area contributed by atoms with Crippen molar-refractivity contribution in [1.29, 1.82) is 0 Å². The van der Waals surface area contributed by atoms with Gasteiger partial charge in [0, 0.05) is 6.20 Å². The van der Waals surface area contributed by atoms with Gasteiger partial charge in [0.15, 0.2) is 0 Å². The molecule has 3 N–H and O–H groups in total. The lowest BCUT2D eigenvalue weighted by Crippen LogP contribution is -2.30. The van der Waals surface area contributed by atoms with Crippen LogP contribution in [0.25, 0.3) is 0 Å². The van der Waals surface area contributed by atoms with E-state index < -0.39 is 23.6 Å². The normalized spacial score (nSPS) is 13.2. The van der Waals surface area contributed by atoms with Crippen LogP contribution in [-0.2, 0) is 6.18 Å². The first kappa shape index (κ1) is 15.3. The van der Waals surface area contributed by atoms with E-state index in [0.29, 0.717) is 17.5 Å². The molecule has 4 nitrogen and oxygen atoms in total. The molecule has 0 bridgehead atoms. The Bertz CT molecular complexity index is 625. The molecule has 0 aliphatic heterocycles. The zero-order chi connectivity index (χ0) is 15.6. The first-order valence-electron chi connectivity index (χ1n) is 5.94. The molecule has 0 fully saturated rings. The highest BCUT2D eigenvalue weighted by atomic mass is 19.4. The maximum Gasteiger partial charge on any atom is 0.419 e. The predicted octanol–water partition coefficient (Wildman–Crippen LogP) is 2.50. The number of halogens is 4. The molecule has 1 atom stereocenters. The van der Waals surface area contributed by atoms with E-state index in [1.807, 2.05) is 0 Å². The van der Waals surface area contributed by atoms with Gasteiger partial charge in [-0.15, -0.1) is 0 Å². The fraction of sp³-hybridized carbons (Fsp3) is 0.231. The van der Waals surface area contributed by atoms with Crippen LogP contribution in [0.5, 0.6) is 0 Å². The minimum atomic E-state index is -4.78. The van der Waals surface area contributed by atoms with Crippen LogP contribution in [0.3, 0.4) is 0 Å². The lowest BCUT2D eigenvalue weighted by molar-refractivity contribution is -0.140. The van der Waals surface area contributed by atoms with Gasteiger partial charge in [-0.25, -0.2) is 9.82 Å². The van der Waals surface area contributed by atoms with E-state index in [9.17, 15) is 17.6 Å². The Morgan fingerprint density at radius 3 is 2.43 bits per heavy atom. The average Bonchev–Trinajstić information content (AvgIpc) is 2.42. The number of aryl methyl sites for hydroxylation is 1. The van der Waals surface area contributed by atoms with Crippen molar-refractivity contribution < 1.29 is 17.6 Å². The molecule has 0 saturated heterocycles. The van der Waals surface area contributed by atoms with Crippen LogP contribution in [-0.4, -0.2) is 9.97 Å². The topological polar surface area (TPSA) is 63.8 Å². The van der Waals surface area contributed by atoms with E-state index >= 15 is 0 Å². The summed E-state index contributed by atoms with van der Waals surface area (Å²) in [6.07, 6.45) is -1.91. The summed E-state index contributed by atoms with van der Waals surface area (Å²) in [7, 11) is 0. The van der Waals surface area contributed by atoms with E-state index in [0.717, 1.165) is 6.07 Å². The summed E-state index contributed by atoms with van der Waals surface area (Å²) in [4.78, 5) is 8.07. The van der Waals surface area contributed by atoms with Gasteiger partial charge < -0.3 is 0 Å². The second-order valence-electron chi connectivity index (χ2n) is 4.42. The van der Waals surface area contributed by atoms with Crippen molar-refractivity contribution in [2.24, 2.45) is 5.84 Å². The van der Waals surface area contributed by atoms with Gasteiger partial charge in [-0.2, -0.15) is 13.2 Å². The van der Waals surface area contributed by atoms with Crippen LogP contribution in [0.15, 0.2) is 30.6 Å². The Balaban J connectivity index is 2.46. The van der Waals surface area contributed by atoms with Gasteiger partial charge in [0.25, 0.3) is 0 Å². The van der Waals surface area contributed by atoms with E-state index in [2.05, 4.69) is 15.4 Å². The molecule has 21 heavy (non-hydrogen) atoms. The molecule has 0 saturated carbocycles. The molecule has 1 heterocycles. The summed E-state index contributed by atoms with van der Waals surface area (Å²) in [5.41, 5.74) is 2.15. The van der Waals surface area contributed by atoms with E-state index in [-0.39, 0.29) is 5.56 Å². The zero-order valence-electron chi connectivity index (χ0n) is 10.9. The van der Waals surface area contributed by atoms with Crippen molar-refractivity contribution in [3.8, 4) is 0 Å². The first-order chi connectivity index (χ1) is 9.82. The number of hydrogen-bond acceptors (Lipinski definition) is 4. The number of rotatable bonds is 3.